The Morgan fingerprint density at radius 2 is 1.72 bits per heavy atom. The van der Waals surface area contributed by atoms with Gasteiger partial charge < -0.3 is 14.8 Å². The summed E-state index contributed by atoms with van der Waals surface area (Å²) >= 11 is 0. The summed E-state index contributed by atoms with van der Waals surface area (Å²) < 4.78 is 37.6. The number of nitrogens with one attached hydrogen (secondary N) is 1. The molecule has 1 fully saturated rings. The SMILES string of the molecule is CN(C)c1cc(-c2ccc3nc(Cc4cc(CN5CCN(C(=O)CC(F)(F)F)CC5)ccn4)[nH]c3c2)ccn1. The first-order valence-electron chi connectivity index (χ1n) is 12.8. The number of pyridine rings is 2. The van der Waals surface area contributed by atoms with Crippen molar-refractivity contribution in [3.05, 3.63) is 71.9 Å². The Kier molecular flexibility index (Phi) is 7.51. The predicted octanol–water partition coefficient (Wildman–Crippen LogP) is 4.27. The Bertz CT molecular complexity index is 1460. The van der Waals surface area contributed by atoms with Crippen molar-refractivity contribution in [2.24, 2.45) is 0 Å². The minimum absolute atomic E-state index is 0.295. The zero-order valence-electron chi connectivity index (χ0n) is 21.9. The maximum absolute atomic E-state index is 12.5. The van der Waals surface area contributed by atoms with Crippen LogP contribution in [0.2, 0.25) is 0 Å². The third kappa shape index (κ3) is 6.72. The number of imidazole rings is 1. The molecule has 1 N–H and O–H groups in total. The van der Waals surface area contributed by atoms with Crippen molar-refractivity contribution in [1.29, 1.82) is 0 Å². The fraction of sp³-hybridized carbons (Fsp3) is 0.357. The number of carbonyl (C=O) groups excluding carboxylic acids is 1. The summed E-state index contributed by atoms with van der Waals surface area (Å²) in [5, 5.41) is 0. The normalized spacial score (nSPS) is 14.6. The lowest BCUT2D eigenvalue weighted by atomic mass is 10.1. The van der Waals surface area contributed by atoms with Gasteiger partial charge >= 0.3 is 6.18 Å². The second-order valence-electron chi connectivity index (χ2n) is 9.99. The van der Waals surface area contributed by atoms with E-state index in [4.69, 9.17) is 4.98 Å². The summed E-state index contributed by atoms with van der Waals surface area (Å²) in [6, 6.07) is 14.1. The van der Waals surface area contributed by atoms with Crippen molar-refractivity contribution in [2.75, 3.05) is 45.2 Å². The van der Waals surface area contributed by atoms with Crippen molar-refractivity contribution >= 4 is 22.8 Å². The van der Waals surface area contributed by atoms with Gasteiger partial charge in [0.2, 0.25) is 5.91 Å². The van der Waals surface area contributed by atoms with Crippen LogP contribution in [0.25, 0.3) is 22.2 Å². The molecule has 1 aliphatic heterocycles. The quantitative estimate of drug-likeness (QED) is 0.379. The highest BCUT2D eigenvalue weighted by Gasteiger charge is 2.34. The Morgan fingerprint density at radius 3 is 2.46 bits per heavy atom. The molecule has 11 heteroatoms. The van der Waals surface area contributed by atoms with E-state index in [-0.39, 0.29) is 0 Å². The molecule has 4 heterocycles. The van der Waals surface area contributed by atoms with Gasteiger partial charge in [-0.05, 0) is 53.1 Å². The van der Waals surface area contributed by atoms with E-state index in [9.17, 15) is 18.0 Å². The molecular formula is C28H30F3N7O. The molecular weight excluding hydrogens is 507 g/mol. The molecule has 1 aromatic carbocycles. The van der Waals surface area contributed by atoms with Gasteiger partial charge in [0.15, 0.2) is 0 Å². The lowest BCUT2D eigenvalue weighted by Crippen LogP contribution is -2.49. The topological polar surface area (TPSA) is 81.3 Å². The number of hydrogen-bond donors (Lipinski definition) is 1. The number of benzene rings is 1. The number of H-pyrrole nitrogens is 1. The monoisotopic (exact) mass is 537 g/mol. The zero-order valence-corrected chi connectivity index (χ0v) is 21.9. The predicted molar refractivity (Wildman–Crippen MR) is 143 cm³/mol. The molecule has 1 amide bonds. The molecule has 0 aliphatic carbocycles. The minimum atomic E-state index is -4.47. The number of amides is 1. The van der Waals surface area contributed by atoms with Crippen molar-refractivity contribution in [1.82, 2.24) is 29.7 Å². The van der Waals surface area contributed by atoms with Crippen LogP contribution in [-0.4, -0.2) is 82.1 Å². The van der Waals surface area contributed by atoms with Gasteiger partial charge in [0.05, 0.1) is 11.0 Å². The Morgan fingerprint density at radius 1 is 0.974 bits per heavy atom. The average molecular weight is 538 g/mol. The average Bonchev–Trinajstić information content (AvgIpc) is 3.30. The van der Waals surface area contributed by atoms with E-state index in [1.54, 1.807) is 12.4 Å². The fourth-order valence-corrected chi connectivity index (χ4v) is 4.76. The molecule has 0 radical (unpaired) electrons. The highest BCUT2D eigenvalue weighted by molar-refractivity contribution is 5.82. The fourth-order valence-electron chi connectivity index (χ4n) is 4.76. The van der Waals surface area contributed by atoms with Crippen molar-refractivity contribution in [3.63, 3.8) is 0 Å². The molecule has 8 nitrogen and oxygen atoms in total. The summed E-state index contributed by atoms with van der Waals surface area (Å²) in [7, 11) is 3.93. The molecule has 0 bridgehead atoms. The summed E-state index contributed by atoms with van der Waals surface area (Å²) in [4.78, 5) is 34.3. The minimum Gasteiger partial charge on any atom is -0.363 e. The lowest BCUT2D eigenvalue weighted by molar-refractivity contribution is -0.162. The van der Waals surface area contributed by atoms with E-state index in [1.165, 1.54) is 4.90 Å². The van der Waals surface area contributed by atoms with Crippen LogP contribution in [-0.2, 0) is 17.8 Å². The van der Waals surface area contributed by atoms with Gasteiger partial charge in [0.1, 0.15) is 18.1 Å². The van der Waals surface area contributed by atoms with E-state index in [0.29, 0.717) is 39.1 Å². The van der Waals surface area contributed by atoms with Crippen LogP contribution in [0.1, 0.15) is 23.5 Å². The molecule has 3 aromatic heterocycles. The molecule has 4 aromatic rings. The third-order valence-corrected chi connectivity index (χ3v) is 6.78. The second-order valence-corrected chi connectivity index (χ2v) is 9.99. The summed E-state index contributed by atoms with van der Waals surface area (Å²) in [6.07, 6.45) is -1.76. The molecule has 0 spiro atoms. The standard InChI is InChI=1S/C28H30F3N7O/c1-36(2)26-15-21(6-8-33-26)20-3-4-23-24(14-20)35-25(34-23)16-22-13-19(5-7-32-22)18-37-9-11-38(12-10-37)27(39)17-28(29,30)31/h3-8,13-15H,9-12,16-18H2,1-2H3,(H,34,35). The molecule has 5 rings (SSSR count). The molecule has 1 aliphatic rings. The van der Waals surface area contributed by atoms with Gasteiger partial charge in [-0.25, -0.2) is 9.97 Å². The molecule has 204 valence electrons. The Balaban J connectivity index is 1.22. The van der Waals surface area contributed by atoms with Crippen LogP contribution in [0.3, 0.4) is 0 Å². The van der Waals surface area contributed by atoms with Gasteiger partial charge in [-0.1, -0.05) is 6.07 Å². The highest BCUT2D eigenvalue weighted by Crippen LogP contribution is 2.26. The Labute approximate surface area is 224 Å². The van der Waals surface area contributed by atoms with Crippen LogP contribution in [0.4, 0.5) is 19.0 Å². The number of piperazine rings is 1. The number of aromatic amines is 1. The molecule has 0 unspecified atom stereocenters. The molecule has 1 saturated heterocycles. The number of fused-ring (bicyclic) bond motifs is 1. The first-order chi connectivity index (χ1) is 18.6. The second kappa shape index (κ2) is 11.0. The highest BCUT2D eigenvalue weighted by atomic mass is 19.4. The Hall–Kier alpha value is -3.99. The largest absolute Gasteiger partial charge is 0.397 e. The number of carbonyl (C=O) groups is 1. The smallest absolute Gasteiger partial charge is 0.363 e. The van der Waals surface area contributed by atoms with Gasteiger partial charge in [0, 0.05) is 71.3 Å². The number of aromatic nitrogens is 4. The summed E-state index contributed by atoms with van der Waals surface area (Å²) in [5.74, 6) is 0.846. The number of rotatable bonds is 7. The first kappa shape index (κ1) is 26.6. The van der Waals surface area contributed by atoms with E-state index in [1.807, 2.05) is 49.3 Å². The summed E-state index contributed by atoms with van der Waals surface area (Å²) in [5.41, 5.74) is 5.90. The van der Waals surface area contributed by atoms with Crippen LogP contribution < -0.4 is 4.90 Å². The van der Waals surface area contributed by atoms with E-state index < -0.39 is 18.5 Å². The first-order valence-corrected chi connectivity index (χ1v) is 12.8. The number of nitrogens with zero attached hydrogens (tertiary/aromatic N) is 6. The van der Waals surface area contributed by atoms with Crippen molar-refractivity contribution in [2.45, 2.75) is 25.6 Å². The van der Waals surface area contributed by atoms with Gasteiger partial charge in [0.25, 0.3) is 0 Å². The van der Waals surface area contributed by atoms with Gasteiger partial charge in [-0.15, -0.1) is 0 Å². The number of halogens is 3. The van der Waals surface area contributed by atoms with Crippen LogP contribution >= 0.6 is 0 Å². The number of anilines is 1. The van der Waals surface area contributed by atoms with Crippen LogP contribution in [0.5, 0.6) is 0 Å². The number of alkyl halides is 3. The maximum Gasteiger partial charge on any atom is 0.397 e. The molecule has 39 heavy (non-hydrogen) atoms. The van der Waals surface area contributed by atoms with Crippen molar-refractivity contribution in [3.8, 4) is 11.1 Å². The van der Waals surface area contributed by atoms with E-state index in [0.717, 1.165) is 45.1 Å². The zero-order chi connectivity index (χ0) is 27.6. The summed E-state index contributed by atoms with van der Waals surface area (Å²) in [6.45, 7) is 2.29. The van der Waals surface area contributed by atoms with Gasteiger partial charge in [-0.2, -0.15) is 13.2 Å². The number of hydrogen-bond acceptors (Lipinski definition) is 6. The van der Waals surface area contributed by atoms with Gasteiger partial charge in [-0.3, -0.25) is 14.7 Å². The third-order valence-electron chi connectivity index (χ3n) is 6.78. The van der Waals surface area contributed by atoms with E-state index >= 15 is 0 Å². The maximum atomic E-state index is 12.5. The van der Waals surface area contributed by atoms with E-state index in [2.05, 4.69) is 32.0 Å². The molecule has 0 atom stereocenters. The van der Waals surface area contributed by atoms with Crippen LogP contribution in [0, 0.1) is 0 Å². The van der Waals surface area contributed by atoms with Crippen molar-refractivity contribution < 1.29 is 18.0 Å². The lowest BCUT2D eigenvalue weighted by Gasteiger charge is -2.35. The van der Waals surface area contributed by atoms with Crippen LogP contribution in [0.15, 0.2) is 54.9 Å². The molecule has 0 saturated carbocycles.